The molecule has 3 nitrogen and oxygen atoms in total. The molecular weight excluding hydrogens is 262 g/mol. The highest BCUT2D eigenvalue weighted by Crippen LogP contribution is 2.24. The van der Waals surface area contributed by atoms with Gasteiger partial charge in [0.15, 0.2) is 0 Å². The Bertz CT molecular complexity index is 525. The molecule has 0 aliphatic rings. The topological polar surface area (TPSA) is 41.5 Å². The summed E-state index contributed by atoms with van der Waals surface area (Å²) in [6.45, 7) is 2.22. The van der Waals surface area contributed by atoms with Crippen molar-refractivity contribution in [3.63, 3.8) is 0 Å². The number of aliphatic hydroxyl groups is 1. The van der Waals surface area contributed by atoms with Crippen LogP contribution in [-0.4, -0.2) is 18.8 Å². The smallest absolute Gasteiger partial charge is 0.118 e. The average molecular weight is 285 g/mol. The molecule has 0 saturated carbocycles. The van der Waals surface area contributed by atoms with Gasteiger partial charge in [0.1, 0.15) is 5.75 Å². The van der Waals surface area contributed by atoms with Gasteiger partial charge >= 0.3 is 0 Å². The second kappa shape index (κ2) is 7.81. The van der Waals surface area contributed by atoms with Gasteiger partial charge in [-0.2, -0.15) is 0 Å². The van der Waals surface area contributed by atoms with Crippen molar-refractivity contribution >= 4 is 0 Å². The van der Waals surface area contributed by atoms with E-state index in [1.165, 1.54) is 5.56 Å². The Kier molecular flexibility index (Phi) is 5.78. The van der Waals surface area contributed by atoms with E-state index in [1.807, 2.05) is 42.5 Å². The van der Waals surface area contributed by atoms with Crippen LogP contribution in [0, 0.1) is 0 Å². The third-order valence-electron chi connectivity index (χ3n) is 3.71. The number of methoxy groups -OCH3 is 1. The molecule has 0 aliphatic carbocycles. The van der Waals surface area contributed by atoms with Crippen LogP contribution in [0.4, 0.5) is 0 Å². The maximum atomic E-state index is 9.67. The molecule has 2 aromatic carbocycles. The summed E-state index contributed by atoms with van der Waals surface area (Å²) >= 11 is 0. The van der Waals surface area contributed by atoms with Gasteiger partial charge in [0.25, 0.3) is 0 Å². The molecule has 0 radical (unpaired) electrons. The summed E-state index contributed by atoms with van der Waals surface area (Å²) in [4.78, 5) is 0. The number of hydrogen-bond acceptors (Lipinski definition) is 3. The Morgan fingerprint density at radius 1 is 0.952 bits per heavy atom. The maximum absolute atomic E-state index is 9.67. The third-order valence-corrected chi connectivity index (χ3v) is 3.71. The number of aliphatic hydroxyl groups excluding tert-OH is 1. The minimum absolute atomic E-state index is 0.0572. The van der Waals surface area contributed by atoms with Crippen molar-refractivity contribution in [2.75, 3.05) is 13.7 Å². The fourth-order valence-electron chi connectivity index (χ4n) is 2.47. The molecule has 2 aromatic rings. The molecule has 0 bridgehead atoms. The first-order valence-electron chi connectivity index (χ1n) is 7.34. The molecule has 2 rings (SSSR count). The van der Waals surface area contributed by atoms with Crippen molar-refractivity contribution in [2.45, 2.75) is 25.4 Å². The van der Waals surface area contributed by atoms with Crippen molar-refractivity contribution in [2.24, 2.45) is 0 Å². The molecule has 0 spiro atoms. The first-order valence-corrected chi connectivity index (χ1v) is 7.34. The Morgan fingerprint density at radius 2 is 1.57 bits per heavy atom. The molecule has 0 aromatic heterocycles. The van der Waals surface area contributed by atoms with Crippen LogP contribution in [0.25, 0.3) is 0 Å². The predicted octanol–water partition coefficient (Wildman–Crippen LogP) is 3.47. The van der Waals surface area contributed by atoms with Crippen LogP contribution in [0.2, 0.25) is 0 Å². The lowest BCUT2D eigenvalue weighted by molar-refractivity contribution is 0.232. The van der Waals surface area contributed by atoms with Gasteiger partial charge in [-0.25, -0.2) is 0 Å². The SMILES string of the molecule is CCC(NC(CO)c1ccccc1)c1ccc(OC)cc1. The second-order valence-electron chi connectivity index (χ2n) is 5.05. The van der Waals surface area contributed by atoms with Crippen LogP contribution in [-0.2, 0) is 0 Å². The predicted molar refractivity (Wildman–Crippen MR) is 85.4 cm³/mol. The second-order valence-corrected chi connectivity index (χ2v) is 5.05. The monoisotopic (exact) mass is 285 g/mol. The van der Waals surface area contributed by atoms with Gasteiger partial charge < -0.3 is 15.2 Å². The summed E-state index contributed by atoms with van der Waals surface area (Å²) in [6.07, 6.45) is 0.954. The van der Waals surface area contributed by atoms with Crippen LogP contribution in [0.5, 0.6) is 5.75 Å². The van der Waals surface area contributed by atoms with Crippen LogP contribution >= 0.6 is 0 Å². The number of nitrogens with one attached hydrogen (secondary N) is 1. The zero-order valence-corrected chi connectivity index (χ0v) is 12.6. The first kappa shape index (κ1) is 15.5. The summed E-state index contributed by atoms with van der Waals surface area (Å²) in [7, 11) is 1.67. The molecule has 21 heavy (non-hydrogen) atoms. The summed E-state index contributed by atoms with van der Waals surface area (Å²) in [5.41, 5.74) is 2.31. The lowest BCUT2D eigenvalue weighted by Gasteiger charge is -2.24. The standard InChI is InChI=1S/C18H23NO2/c1-3-17(15-9-11-16(21-2)12-10-15)19-18(13-20)14-7-5-4-6-8-14/h4-12,17-20H,3,13H2,1-2H3. The average Bonchev–Trinajstić information content (AvgIpc) is 2.57. The third kappa shape index (κ3) is 4.06. The molecule has 0 fully saturated rings. The highest BCUT2D eigenvalue weighted by Gasteiger charge is 2.16. The Labute approximate surface area is 126 Å². The van der Waals surface area contributed by atoms with Crippen molar-refractivity contribution in [3.8, 4) is 5.75 Å². The molecule has 2 atom stereocenters. The van der Waals surface area contributed by atoms with E-state index in [9.17, 15) is 5.11 Å². The van der Waals surface area contributed by atoms with Gasteiger partial charge in [0.2, 0.25) is 0 Å². The van der Waals surface area contributed by atoms with E-state index in [1.54, 1.807) is 7.11 Å². The van der Waals surface area contributed by atoms with Crippen LogP contribution < -0.4 is 10.1 Å². The number of benzene rings is 2. The highest BCUT2D eigenvalue weighted by molar-refractivity contribution is 5.29. The van der Waals surface area contributed by atoms with Crippen LogP contribution in [0.1, 0.15) is 36.6 Å². The van der Waals surface area contributed by atoms with Crippen LogP contribution in [0.15, 0.2) is 54.6 Å². The van der Waals surface area contributed by atoms with E-state index in [4.69, 9.17) is 4.74 Å². The molecule has 0 aliphatic heterocycles. The molecular formula is C18H23NO2. The summed E-state index contributed by atoms with van der Waals surface area (Å²) in [6, 6.07) is 18.3. The number of rotatable bonds is 7. The minimum Gasteiger partial charge on any atom is -0.497 e. The molecule has 3 heteroatoms. The van der Waals surface area contributed by atoms with E-state index in [0.717, 1.165) is 17.7 Å². The highest BCUT2D eigenvalue weighted by atomic mass is 16.5. The lowest BCUT2D eigenvalue weighted by atomic mass is 10.0. The molecule has 2 N–H and O–H groups in total. The normalized spacial score (nSPS) is 13.7. The fraction of sp³-hybridized carbons (Fsp3) is 0.333. The van der Waals surface area contributed by atoms with E-state index in [-0.39, 0.29) is 18.7 Å². The molecule has 2 unspecified atom stereocenters. The first-order chi connectivity index (χ1) is 10.3. The van der Waals surface area contributed by atoms with Crippen molar-refractivity contribution in [3.05, 3.63) is 65.7 Å². The lowest BCUT2D eigenvalue weighted by Crippen LogP contribution is -2.28. The van der Waals surface area contributed by atoms with Crippen molar-refractivity contribution in [1.82, 2.24) is 5.32 Å². The largest absolute Gasteiger partial charge is 0.497 e. The number of ether oxygens (including phenoxy) is 1. The van der Waals surface area contributed by atoms with E-state index in [2.05, 4.69) is 24.4 Å². The van der Waals surface area contributed by atoms with Gasteiger partial charge in [-0.05, 0) is 29.7 Å². The van der Waals surface area contributed by atoms with Crippen molar-refractivity contribution in [1.29, 1.82) is 0 Å². The van der Waals surface area contributed by atoms with Gasteiger partial charge in [-0.1, -0.05) is 49.4 Å². The maximum Gasteiger partial charge on any atom is 0.118 e. The zero-order chi connectivity index (χ0) is 15.1. The minimum atomic E-state index is -0.0572. The Morgan fingerprint density at radius 3 is 2.10 bits per heavy atom. The van der Waals surface area contributed by atoms with Crippen LogP contribution in [0.3, 0.4) is 0 Å². The fourth-order valence-corrected chi connectivity index (χ4v) is 2.47. The molecule has 0 heterocycles. The molecule has 0 saturated heterocycles. The van der Waals surface area contributed by atoms with E-state index < -0.39 is 0 Å². The van der Waals surface area contributed by atoms with Gasteiger partial charge in [0, 0.05) is 6.04 Å². The summed E-state index contributed by atoms with van der Waals surface area (Å²) in [5, 5.41) is 13.2. The van der Waals surface area contributed by atoms with E-state index in [0.29, 0.717) is 0 Å². The Hall–Kier alpha value is -1.84. The molecule has 0 amide bonds. The zero-order valence-electron chi connectivity index (χ0n) is 12.6. The Balaban J connectivity index is 2.13. The summed E-state index contributed by atoms with van der Waals surface area (Å²) < 4.78 is 5.19. The van der Waals surface area contributed by atoms with Gasteiger partial charge in [-0.3, -0.25) is 0 Å². The summed E-state index contributed by atoms with van der Waals surface area (Å²) in [5.74, 6) is 0.857. The van der Waals surface area contributed by atoms with Gasteiger partial charge in [0.05, 0.1) is 19.8 Å². The van der Waals surface area contributed by atoms with Gasteiger partial charge in [-0.15, -0.1) is 0 Å². The van der Waals surface area contributed by atoms with E-state index >= 15 is 0 Å². The van der Waals surface area contributed by atoms with Crippen molar-refractivity contribution < 1.29 is 9.84 Å². The number of hydrogen-bond donors (Lipinski definition) is 2. The quantitative estimate of drug-likeness (QED) is 0.818. The molecule has 112 valence electrons.